The summed E-state index contributed by atoms with van der Waals surface area (Å²) in [7, 11) is 0.304. The summed E-state index contributed by atoms with van der Waals surface area (Å²) in [4.78, 5) is 10.2. The molecule has 60 valence electrons. The van der Waals surface area contributed by atoms with Crippen LogP contribution in [0, 0.1) is 0 Å². The van der Waals surface area contributed by atoms with Gasteiger partial charge in [0.1, 0.15) is 11.8 Å². The quantitative estimate of drug-likeness (QED) is 0.559. The van der Waals surface area contributed by atoms with Crippen molar-refractivity contribution in [1.82, 2.24) is 0 Å². The summed E-state index contributed by atoms with van der Waals surface area (Å²) in [5.41, 5.74) is 5.27. The van der Waals surface area contributed by atoms with Crippen LogP contribution < -0.4 is 5.73 Å². The number of carbonyl (C=O) groups is 1. The number of nitrogens with two attached hydrogens (primary N) is 1. The first-order chi connectivity index (χ1) is 4.54. The van der Waals surface area contributed by atoms with Crippen molar-refractivity contribution < 1.29 is 9.90 Å². The lowest BCUT2D eigenvalue weighted by Gasteiger charge is -2.02. The second kappa shape index (κ2) is 4.57. The highest BCUT2D eigenvalue weighted by Gasteiger charge is 2.14. The molecule has 0 amide bonds. The molecule has 0 radical (unpaired) electrons. The fourth-order valence-corrected chi connectivity index (χ4v) is 1.21. The van der Waals surface area contributed by atoms with Crippen molar-refractivity contribution in [3.8, 4) is 0 Å². The van der Waals surface area contributed by atoms with E-state index >= 15 is 0 Å². The van der Waals surface area contributed by atoms with Crippen LogP contribution in [0.15, 0.2) is 0 Å². The first-order valence-electron chi connectivity index (χ1n) is 3.06. The minimum Gasteiger partial charge on any atom is -0.480 e. The largest absolute Gasteiger partial charge is 0.480 e. The van der Waals surface area contributed by atoms with Gasteiger partial charge >= 0.3 is 5.97 Å². The van der Waals surface area contributed by atoms with Crippen molar-refractivity contribution in [3.05, 3.63) is 0 Å². The molecule has 0 saturated heterocycles. The van der Waals surface area contributed by atoms with Gasteiger partial charge in [-0.1, -0.05) is 0 Å². The number of carboxylic acid groups (broad SMARTS) is 1. The predicted octanol–water partition coefficient (Wildman–Crippen LogP) is -0.334. The molecular formula is C6H14NO2S+. The molecule has 0 saturated carbocycles. The van der Waals surface area contributed by atoms with Crippen LogP contribution >= 0.6 is 0 Å². The lowest BCUT2D eigenvalue weighted by atomic mass is 10.2. The number of carboxylic acids is 1. The Kier molecular flexibility index (Phi) is 4.47. The molecule has 0 bridgehead atoms. The molecule has 10 heavy (non-hydrogen) atoms. The van der Waals surface area contributed by atoms with Gasteiger partial charge in [0, 0.05) is 6.42 Å². The summed E-state index contributed by atoms with van der Waals surface area (Å²) in [5.74, 6) is 0.0125. The summed E-state index contributed by atoms with van der Waals surface area (Å²) in [6, 6.07) is -0.671. The standard InChI is InChI=1S/C6H13NO2S/c1-10(2)4-3-5(7)6(8)9/h5H,3-4,7H2,1-2H3/p+1/t5-/m1/s1. The van der Waals surface area contributed by atoms with Crippen molar-refractivity contribution in [1.29, 1.82) is 0 Å². The number of rotatable bonds is 4. The highest BCUT2D eigenvalue weighted by molar-refractivity contribution is 7.95. The first-order valence-corrected chi connectivity index (χ1v) is 5.27. The second-order valence-corrected chi connectivity index (χ2v) is 4.80. The van der Waals surface area contributed by atoms with Crippen molar-refractivity contribution in [3.63, 3.8) is 0 Å². The lowest BCUT2D eigenvalue weighted by molar-refractivity contribution is -0.138. The van der Waals surface area contributed by atoms with Crippen molar-refractivity contribution in [2.45, 2.75) is 12.5 Å². The van der Waals surface area contributed by atoms with Gasteiger partial charge < -0.3 is 10.8 Å². The third kappa shape index (κ3) is 4.64. The molecule has 0 heterocycles. The van der Waals surface area contributed by atoms with E-state index in [9.17, 15) is 4.79 Å². The Morgan fingerprint density at radius 2 is 2.20 bits per heavy atom. The van der Waals surface area contributed by atoms with E-state index in [1.165, 1.54) is 0 Å². The molecule has 0 aliphatic carbocycles. The van der Waals surface area contributed by atoms with E-state index in [-0.39, 0.29) is 0 Å². The van der Waals surface area contributed by atoms with E-state index in [1.807, 2.05) is 0 Å². The summed E-state index contributed by atoms with van der Waals surface area (Å²) in [5, 5.41) is 8.37. The SMILES string of the molecule is C[S+](C)CC[C@@H](N)C(=O)O. The van der Waals surface area contributed by atoms with Crippen LogP contribution in [-0.4, -0.2) is 35.4 Å². The zero-order chi connectivity index (χ0) is 8.15. The average Bonchev–Trinajstić information content (AvgIpc) is 1.82. The Balaban J connectivity index is 3.40. The summed E-state index contributed by atoms with van der Waals surface area (Å²) in [6.45, 7) is 0. The van der Waals surface area contributed by atoms with Gasteiger partial charge in [-0.05, 0) is 10.9 Å². The second-order valence-electron chi connectivity index (χ2n) is 2.42. The van der Waals surface area contributed by atoms with Gasteiger partial charge in [-0.2, -0.15) is 0 Å². The maximum Gasteiger partial charge on any atom is 0.320 e. The Labute approximate surface area is 64.0 Å². The van der Waals surface area contributed by atoms with Gasteiger partial charge in [-0.15, -0.1) is 0 Å². The molecule has 3 nitrogen and oxygen atoms in total. The van der Waals surface area contributed by atoms with Crippen molar-refractivity contribution in [2.75, 3.05) is 18.3 Å². The third-order valence-corrected chi connectivity index (χ3v) is 2.21. The van der Waals surface area contributed by atoms with Crippen LogP contribution in [0.3, 0.4) is 0 Å². The molecule has 0 aromatic rings. The van der Waals surface area contributed by atoms with E-state index in [2.05, 4.69) is 12.5 Å². The number of hydrogen-bond acceptors (Lipinski definition) is 2. The molecule has 0 aromatic heterocycles. The van der Waals surface area contributed by atoms with Crippen molar-refractivity contribution in [2.24, 2.45) is 5.73 Å². The average molecular weight is 164 g/mol. The van der Waals surface area contributed by atoms with Gasteiger partial charge in [-0.25, -0.2) is 0 Å². The Morgan fingerprint density at radius 1 is 1.70 bits per heavy atom. The van der Waals surface area contributed by atoms with E-state index in [4.69, 9.17) is 10.8 Å². The van der Waals surface area contributed by atoms with Gasteiger partial charge in [-0.3, -0.25) is 4.79 Å². The van der Waals surface area contributed by atoms with E-state index in [0.29, 0.717) is 17.3 Å². The molecule has 4 heteroatoms. The Bertz CT molecular complexity index is 116. The Morgan fingerprint density at radius 3 is 2.50 bits per heavy atom. The van der Waals surface area contributed by atoms with Gasteiger partial charge in [0.25, 0.3) is 0 Å². The van der Waals surface area contributed by atoms with E-state index in [0.717, 1.165) is 5.75 Å². The van der Waals surface area contributed by atoms with Crippen molar-refractivity contribution >= 4 is 16.9 Å². The lowest BCUT2D eigenvalue weighted by Crippen LogP contribution is -2.31. The first kappa shape index (κ1) is 9.78. The molecule has 0 spiro atoms. The smallest absolute Gasteiger partial charge is 0.320 e. The summed E-state index contributed by atoms with van der Waals surface area (Å²) < 4.78 is 0. The zero-order valence-electron chi connectivity index (χ0n) is 6.33. The van der Waals surface area contributed by atoms with Gasteiger partial charge in [0.2, 0.25) is 0 Å². The van der Waals surface area contributed by atoms with Gasteiger partial charge in [0.05, 0.1) is 12.5 Å². The highest BCUT2D eigenvalue weighted by atomic mass is 32.2. The van der Waals surface area contributed by atoms with Crippen LogP contribution in [0.1, 0.15) is 6.42 Å². The molecule has 0 unspecified atom stereocenters. The highest BCUT2D eigenvalue weighted by Crippen LogP contribution is 1.93. The minimum absolute atomic E-state index is 0.304. The van der Waals surface area contributed by atoms with E-state index in [1.54, 1.807) is 0 Å². The zero-order valence-corrected chi connectivity index (χ0v) is 7.15. The van der Waals surface area contributed by atoms with Crippen LogP contribution in [0.2, 0.25) is 0 Å². The molecule has 0 aliphatic heterocycles. The molecule has 0 aromatic carbocycles. The Hall–Kier alpha value is -0.220. The molecule has 3 N–H and O–H groups in total. The number of aliphatic carboxylic acids is 1. The summed E-state index contributed by atoms with van der Waals surface area (Å²) >= 11 is 0. The maximum absolute atomic E-state index is 10.2. The van der Waals surface area contributed by atoms with E-state index < -0.39 is 12.0 Å². The molecule has 1 atom stereocenters. The fraction of sp³-hybridized carbons (Fsp3) is 0.833. The van der Waals surface area contributed by atoms with Crippen LogP contribution in [0.5, 0.6) is 0 Å². The molecular weight excluding hydrogens is 150 g/mol. The normalized spacial score (nSPS) is 13.6. The predicted molar refractivity (Wildman–Crippen MR) is 44.3 cm³/mol. The van der Waals surface area contributed by atoms with Gasteiger partial charge in [0.15, 0.2) is 0 Å². The topological polar surface area (TPSA) is 63.3 Å². The maximum atomic E-state index is 10.2. The third-order valence-electron chi connectivity index (χ3n) is 1.15. The number of hydrogen-bond donors (Lipinski definition) is 2. The van der Waals surface area contributed by atoms with Crippen LogP contribution in [0.4, 0.5) is 0 Å². The minimum atomic E-state index is -0.898. The fourth-order valence-electron chi connectivity index (χ4n) is 0.486. The molecule has 0 aliphatic rings. The monoisotopic (exact) mass is 164 g/mol. The summed E-state index contributed by atoms with van der Waals surface area (Å²) in [6.07, 6.45) is 4.74. The van der Waals surface area contributed by atoms with Crippen LogP contribution in [0.25, 0.3) is 0 Å². The molecule has 0 fully saturated rings. The molecule has 0 rings (SSSR count). The van der Waals surface area contributed by atoms with Crippen LogP contribution in [-0.2, 0) is 15.7 Å².